The number of rotatable bonds is 5. The summed E-state index contributed by atoms with van der Waals surface area (Å²) in [5.74, 6) is -0.986. The second-order valence-electron chi connectivity index (χ2n) is 2.52. The van der Waals surface area contributed by atoms with Crippen molar-refractivity contribution in [1.29, 1.82) is 0 Å². The van der Waals surface area contributed by atoms with E-state index in [0.717, 1.165) is 0 Å². The van der Waals surface area contributed by atoms with Crippen molar-refractivity contribution in [2.45, 2.75) is 12.8 Å². The van der Waals surface area contributed by atoms with Gasteiger partial charge in [-0.25, -0.2) is 9.59 Å². The van der Waals surface area contributed by atoms with Gasteiger partial charge in [-0.15, -0.1) is 0 Å². The van der Waals surface area contributed by atoms with E-state index >= 15 is 0 Å². The molecular weight excluding hydrogens is 172 g/mol. The SMILES string of the molecule is C=C(CCCNC(=O)NC)C(=O)O. The first-order valence-corrected chi connectivity index (χ1v) is 3.94. The molecule has 0 aromatic carbocycles. The lowest BCUT2D eigenvalue weighted by Gasteiger charge is -2.03. The third kappa shape index (κ3) is 5.72. The number of amides is 2. The predicted octanol–water partition coefficient (Wildman–Crippen LogP) is 0.336. The van der Waals surface area contributed by atoms with Crippen LogP contribution < -0.4 is 10.6 Å². The molecule has 0 unspecified atom stereocenters. The zero-order chi connectivity index (χ0) is 10.3. The standard InChI is InChI=1S/C8H14N2O3/c1-6(7(11)12)4-3-5-10-8(13)9-2/h1,3-5H2,2H3,(H,11,12)(H2,9,10,13). The lowest BCUT2D eigenvalue weighted by molar-refractivity contribution is -0.132. The average molecular weight is 186 g/mol. The molecule has 0 aliphatic rings. The number of carbonyl (C=O) groups is 2. The third-order valence-electron chi connectivity index (χ3n) is 1.47. The van der Waals surface area contributed by atoms with Gasteiger partial charge >= 0.3 is 12.0 Å². The summed E-state index contributed by atoms with van der Waals surface area (Å²) >= 11 is 0. The Kier molecular flexibility index (Phi) is 5.34. The minimum absolute atomic E-state index is 0.165. The van der Waals surface area contributed by atoms with Gasteiger partial charge in [0.25, 0.3) is 0 Å². The van der Waals surface area contributed by atoms with E-state index in [1.807, 2.05) is 0 Å². The highest BCUT2D eigenvalue weighted by Gasteiger charge is 2.03. The number of urea groups is 1. The maximum atomic E-state index is 10.6. The minimum atomic E-state index is -0.986. The van der Waals surface area contributed by atoms with E-state index in [-0.39, 0.29) is 11.6 Å². The molecular formula is C8H14N2O3. The monoisotopic (exact) mass is 186 g/mol. The molecule has 0 radical (unpaired) electrons. The summed E-state index contributed by atoms with van der Waals surface area (Å²) in [5.41, 5.74) is 0.165. The summed E-state index contributed by atoms with van der Waals surface area (Å²) in [7, 11) is 1.52. The lowest BCUT2D eigenvalue weighted by Crippen LogP contribution is -2.33. The summed E-state index contributed by atoms with van der Waals surface area (Å²) in [5, 5.41) is 13.4. The molecule has 0 atom stereocenters. The molecule has 0 fully saturated rings. The van der Waals surface area contributed by atoms with Crippen LogP contribution in [0.3, 0.4) is 0 Å². The second kappa shape index (κ2) is 6.05. The quantitative estimate of drug-likeness (QED) is 0.428. The largest absolute Gasteiger partial charge is 0.478 e. The maximum absolute atomic E-state index is 10.6. The van der Waals surface area contributed by atoms with Crippen LogP contribution in [0, 0.1) is 0 Å². The molecule has 13 heavy (non-hydrogen) atoms. The summed E-state index contributed by atoms with van der Waals surface area (Å²) in [6.45, 7) is 3.81. The molecule has 5 heteroatoms. The van der Waals surface area contributed by atoms with E-state index in [0.29, 0.717) is 19.4 Å². The van der Waals surface area contributed by atoms with Crippen LogP contribution >= 0.6 is 0 Å². The van der Waals surface area contributed by atoms with Gasteiger partial charge in [0, 0.05) is 19.2 Å². The third-order valence-corrected chi connectivity index (χ3v) is 1.47. The average Bonchev–Trinajstić information content (AvgIpc) is 2.11. The zero-order valence-corrected chi connectivity index (χ0v) is 7.59. The van der Waals surface area contributed by atoms with Crippen LogP contribution in [0.25, 0.3) is 0 Å². The van der Waals surface area contributed by atoms with E-state index in [2.05, 4.69) is 17.2 Å². The highest BCUT2D eigenvalue weighted by Crippen LogP contribution is 2.00. The highest BCUT2D eigenvalue weighted by molar-refractivity contribution is 5.85. The molecule has 3 N–H and O–H groups in total. The summed E-state index contributed by atoms with van der Waals surface area (Å²) in [6, 6.07) is -0.263. The fraction of sp³-hybridized carbons (Fsp3) is 0.500. The van der Waals surface area contributed by atoms with Crippen molar-refractivity contribution in [2.75, 3.05) is 13.6 Å². The Morgan fingerprint density at radius 2 is 2.08 bits per heavy atom. The smallest absolute Gasteiger partial charge is 0.330 e. The van der Waals surface area contributed by atoms with Crippen LogP contribution in [0.2, 0.25) is 0 Å². The Morgan fingerprint density at radius 1 is 1.46 bits per heavy atom. The molecule has 2 amide bonds. The molecule has 0 aliphatic heterocycles. The fourth-order valence-electron chi connectivity index (χ4n) is 0.699. The molecule has 0 spiro atoms. The van der Waals surface area contributed by atoms with Crippen molar-refractivity contribution >= 4 is 12.0 Å². The van der Waals surface area contributed by atoms with Gasteiger partial charge < -0.3 is 15.7 Å². The molecule has 0 saturated heterocycles. The number of carbonyl (C=O) groups excluding carboxylic acids is 1. The van der Waals surface area contributed by atoms with Crippen molar-refractivity contribution in [3.8, 4) is 0 Å². The van der Waals surface area contributed by atoms with Crippen LogP contribution in [-0.4, -0.2) is 30.7 Å². The number of carboxylic acids is 1. The normalized spacial score (nSPS) is 9.00. The van der Waals surface area contributed by atoms with Crippen molar-refractivity contribution in [3.05, 3.63) is 12.2 Å². The molecule has 0 aromatic heterocycles. The number of hydrogen-bond donors (Lipinski definition) is 3. The molecule has 5 nitrogen and oxygen atoms in total. The molecule has 0 aliphatic carbocycles. The molecule has 0 saturated carbocycles. The molecule has 0 heterocycles. The van der Waals surface area contributed by atoms with Crippen molar-refractivity contribution in [2.24, 2.45) is 0 Å². The second-order valence-corrected chi connectivity index (χ2v) is 2.52. The zero-order valence-electron chi connectivity index (χ0n) is 7.59. The van der Waals surface area contributed by atoms with Gasteiger partial charge in [0.1, 0.15) is 0 Å². The maximum Gasteiger partial charge on any atom is 0.330 e. The Balaban J connectivity index is 3.41. The number of hydrogen-bond acceptors (Lipinski definition) is 2. The van der Waals surface area contributed by atoms with Crippen molar-refractivity contribution < 1.29 is 14.7 Å². The van der Waals surface area contributed by atoms with Gasteiger partial charge in [0.15, 0.2) is 0 Å². The number of carboxylic acid groups (broad SMARTS) is 1. The van der Waals surface area contributed by atoms with E-state index < -0.39 is 5.97 Å². The fourth-order valence-corrected chi connectivity index (χ4v) is 0.699. The van der Waals surface area contributed by atoms with Crippen LogP contribution in [0.1, 0.15) is 12.8 Å². The Bertz CT molecular complexity index is 213. The summed E-state index contributed by atoms with van der Waals surface area (Å²) in [6.07, 6.45) is 0.970. The first-order chi connectivity index (χ1) is 6.07. The van der Waals surface area contributed by atoms with E-state index in [1.54, 1.807) is 0 Å². The van der Waals surface area contributed by atoms with Crippen LogP contribution in [-0.2, 0) is 4.79 Å². The Labute approximate surface area is 76.8 Å². The molecule has 74 valence electrons. The van der Waals surface area contributed by atoms with Gasteiger partial charge in [0.2, 0.25) is 0 Å². The Morgan fingerprint density at radius 3 is 2.54 bits per heavy atom. The highest BCUT2D eigenvalue weighted by atomic mass is 16.4. The van der Waals surface area contributed by atoms with Crippen LogP contribution in [0.4, 0.5) is 4.79 Å². The minimum Gasteiger partial charge on any atom is -0.478 e. The summed E-state index contributed by atoms with van der Waals surface area (Å²) in [4.78, 5) is 20.9. The lowest BCUT2D eigenvalue weighted by atomic mass is 10.2. The molecule has 0 rings (SSSR count). The van der Waals surface area contributed by atoms with Gasteiger partial charge in [0.05, 0.1) is 0 Å². The van der Waals surface area contributed by atoms with Crippen LogP contribution in [0.5, 0.6) is 0 Å². The number of aliphatic carboxylic acids is 1. The van der Waals surface area contributed by atoms with Crippen molar-refractivity contribution in [1.82, 2.24) is 10.6 Å². The van der Waals surface area contributed by atoms with Crippen LogP contribution in [0.15, 0.2) is 12.2 Å². The summed E-state index contributed by atoms with van der Waals surface area (Å²) < 4.78 is 0. The molecule has 0 aromatic rings. The van der Waals surface area contributed by atoms with Crippen molar-refractivity contribution in [3.63, 3.8) is 0 Å². The predicted molar refractivity (Wildman–Crippen MR) is 48.5 cm³/mol. The first-order valence-electron chi connectivity index (χ1n) is 3.94. The first kappa shape index (κ1) is 11.5. The van der Waals surface area contributed by atoms with Gasteiger partial charge in [-0.3, -0.25) is 0 Å². The van der Waals surface area contributed by atoms with E-state index in [1.165, 1.54) is 7.05 Å². The topological polar surface area (TPSA) is 78.4 Å². The van der Waals surface area contributed by atoms with Gasteiger partial charge in [-0.05, 0) is 12.8 Å². The van der Waals surface area contributed by atoms with E-state index in [4.69, 9.17) is 5.11 Å². The number of nitrogens with one attached hydrogen (secondary N) is 2. The van der Waals surface area contributed by atoms with Gasteiger partial charge in [-0.1, -0.05) is 6.58 Å². The van der Waals surface area contributed by atoms with Gasteiger partial charge in [-0.2, -0.15) is 0 Å². The molecule has 0 bridgehead atoms. The van der Waals surface area contributed by atoms with E-state index in [9.17, 15) is 9.59 Å². The Hall–Kier alpha value is -1.52.